The number of nitrogens with two attached hydrogens (primary N) is 2. The third-order valence-electron chi connectivity index (χ3n) is 2.20. The second-order valence-corrected chi connectivity index (χ2v) is 4.28. The van der Waals surface area contributed by atoms with Crippen LogP contribution >= 0.6 is 15.9 Å². The number of nitrogens with zero attached hydrogens (tertiary/aromatic N) is 2. The van der Waals surface area contributed by atoms with Crippen LogP contribution in [0.4, 0.5) is 17.2 Å². The van der Waals surface area contributed by atoms with Gasteiger partial charge in [-0.1, -0.05) is 12.1 Å². The van der Waals surface area contributed by atoms with E-state index in [4.69, 9.17) is 11.5 Å². The summed E-state index contributed by atoms with van der Waals surface area (Å²) in [6.45, 7) is 0. The number of nitrogens with one attached hydrogen (secondary N) is 1. The topological polar surface area (TPSA) is 107 Å². The average Bonchev–Trinajstić information content (AvgIpc) is 2.35. The Kier molecular flexibility index (Phi) is 3.42. The van der Waals surface area contributed by atoms with Gasteiger partial charge in [0.05, 0.1) is 17.6 Å². The maximum absolute atomic E-state index is 12.0. The number of amides is 1. The highest BCUT2D eigenvalue weighted by molar-refractivity contribution is 9.10. The summed E-state index contributed by atoms with van der Waals surface area (Å²) in [4.78, 5) is 19.8. The Morgan fingerprint density at radius 2 is 2.00 bits per heavy atom. The van der Waals surface area contributed by atoms with Crippen molar-refractivity contribution in [2.75, 3.05) is 16.8 Å². The maximum Gasteiger partial charge on any atom is 0.278 e. The molecule has 5 N–H and O–H groups in total. The Hall–Kier alpha value is -2.15. The molecule has 2 aromatic rings. The quantitative estimate of drug-likeness (QED) is 0.731. The lowest BCUT2D eigenvalue weighted by Crippen LogP contribution is -2.17. The summed E-state index contributed by atoms with van der Waals surface area (Å²) in [5.74, 6) is -0.399. The van der Waals surface area contributed by atoms with Crippen molar-refractivity contribution >= 4 is 39.0 Å². The minimum absolute atomic E-state index is 0.0487. The van der Waals surface area contributed by atoms with E-state index < -0.39 is 5.91 Å². The van der Waals surface area contributed by atoms with Gasteiger partial charge in [0.15, 0.2) is 11.5 Å². The van der Waals surface area contributed by atoms with Crippen LogP contribution in [-0.2, 0) is 0 Å². The number of rotatable bonds is 2. The fraction of sp³-hybridized carbons (Fsp3) is 0. The Morgan fingerprint density at radius 3 is 2.72 bits per heavy atom. The molecule has 0 atom stereocenters. The molecule has 7 heteroatoms. The van der Waals surface area contributed by atoms with E-state index in [0.717, 1.165) is 0 Å². The number of hydrogen-bond donors (Lipinski definition) is 3. The Bertz CT molecular complexity index is 602. The van der Waals surface area contributed by atoms with E-state index in [-0.39, 0.29) is 11.5 Å². The van der Waals surface area contributed by atoms with E-state index in [1.54, 1.807) is 24.3 Å². The summed E-state index contributed by atoms with van der Waals surface area (Å²) < 4.78 is 0.433. The highest BCUT2D eigenvalue weighted by atomic mass is 79.9. The van der Waals surface area contributed by atoms with Gasteiger partial charge < -0.3 is 16.8 Å². The van der Waals surface area contributed by atoms with Gasteiger partial charge in [-0.2, -0.15) is 0 Å². The zero-order valence-corrected chi connectivity index (χ0v) is 10.8. The van der Waals surface area contributed by atoms with Gasteiger partial charge >= 0.3 is 0 Å². The third-order valence-corrected chi connectivity index (χ3v) is 2.58. The van der Waals surface area contributed by atoms with Crippen LogP contribution in [0, 0.1) is 0 Å². The minimum atomic E-state index is -0.459. The summed E-state index contributed by atoms with van der Waals surface area (Å²) in [6.07, 6.45) is 1.42. The maximum atomic E-state index is 12.0. The first kappa shape index (κ1) is 12.3. The molecule has 0 aliphatic carbocycles. The molecule has 1 aromatic heterocycles. The number of anilines is 3. The smallest absolute Gasteiger partial charge is 0.278 e. The summed E-state index contributed by atoms with van der Waals surface area (Å²) >= 11 is 3.13. The van der Waals surface area contributed by atoms with Crippen molar-refractivity contribution in [1.82, 2.24) is 9.97 Å². The molecule has 0 aliphatic rings. The Labute approximate surface area is 112 Å². The Balaban J connectivity index is 2.28. The van der Waals surface area contributed by atoms with E-state index in [2.05, 4.69) is 31.2 Å². The number of aromatic nitrogens is 2. The van der Waals surface area contributed by atoms with E-state index >= 15 is 0 Å². The molecule has 0 unspecified atom stereocenters. The van der Waals surface area contributed by atoms with Crippen LogP contribution in [0.15, 0.2) is 35.1 Å². The van der Waals surface area contributed by atoms with Gasteiger partial charge in [0.1, 0.15) is 4.60 Å². The number of carbonyl (C=O) groups excluding carboxylic acids is 1. The fourth-order valence-corrected chi connectivity index (χ4v) is 1.62. The summed E-state index contributed by atoms with van der Waals surface area (Å²) in [5, 5.41) is 2.63. The van der Waals surface area contributed by atoms with Crippen LogP contribution in [0.2, 0.25) is 0 Å². The van der Waals surface area contributed by atoms with Crippen molar-refractivity contribution in [2.45, 2.75) is 0 Å². The van der Waals surface area contributed by atoms with Crippen molar-refractivity contribution in [3.8, 4) is 0 Å². The van der Waals surface area contributed by atoms with Crippen LogP contribution < -0.4 is 16.8 Å². The van der Waals surface area contributed by atoms with Crippen LogP contribution in [0.3, 0.4) is 0 Å². The van der Waals surface area contributed by atoms with E-state index in [1.807, 2.05) is 0 Å². The number of carbonyl (C=O) groups is 1. The molecule has 0 bridgehead atoms. The summed E-state index contributed by atoms with van der Waals surface area (Å²) in [6, 6.07) is 6.92. The number of halogens is 1. The molecule has 0 radical (unpaired) electrons. The summed E-state index contributed by atoms with van der Waals surface area (Å²) in [7, 11) is 0. The molecule has 6 nitrogen and oxygen atoms in total. The van der Waals surface area contributed by atoms with Crippen molar-refractivity contribution in [1.29, 1.82) is 0 Å². The van der Waals surface area contributed by atoms with Crippen molar-refractivity contribution < 1.29 is 4.79 Å². The molecule has 0 saturated carbocycles. The lowest BCUT2D eigenvalue weighted by Gasteiger charge is -2.08. The zero-order chi connectivity index (χ0) is 13.1. The highest BCUT2D eigenvalue weighted by Crippen LogP contribution is 2.19. The van der Waals surface area contributed by atoms with Gasteiger partial charge in [-0.25, -0.2) is 9.97 Å². The monoisotopic (exact) mass is 307 g/mol. The van der Waals surface area contributed by atoms with Crippen molar-refractivity contribution in [3.63, 3.8) is 0 Å². The van der Waals surface area contributed by atoms with Gasteiger partial charge in [0, 0.05) is 0 Å². The second-order valence-electron chi connectivity index (χ2n) is 3.47. The van der Waals surface area contributed by atoms with Gasteiger partial charge in [-0.05, 0) is 28.1 Å². The number of benzene rings is 1. The molecule has 0 saturated heterocycles. The van der Waals surface area contributed by atoms with Gasteiger partial charge in [0.25, 0.3) is 5.91 Å². The molecular formula is C11H10BrN5O. The fourth-order valence-electron chi connectivity index (χ4n) is 1.34. The first-order valence-electron chi connectivity index (χ1n) is 5.02. The van der Waals surface area contributed by atoms with E-state index in [1.165, 1.54) is 6.20 Å². The molecule has 1 amide bonds. The van der Waals surface area contributed by atoms with E-state index in [0.29, 0.717) is 16.0 Å². The molecule has 0 aliphatic heterocycles. The molecule has 18 heavy (non-hydrogen) atoms. The summed E-state index contributed by atoms with van der Waals surface area (Å²) in [5.41, 5.74) is 12.3. The standard InChI is InChI=1S/C11H10BrN5O/c12-8-5-15-10(14)9(17-8)11(18)16-7-4-2-1-3-6(7)13/h1-5H,13H2,(H2,14,15)(H,16,18). The Morgan fingerprint density at radius 1 is 1.28 bits per heavy atom. The van der Waals surface area contributed by atoms with Crippen LogP contribution in [0.25, 0.3) is 0 Å². The van der Waals surface area contributed by atoms with Crippen LogP contribution in [-0.4, -0.2) is 15.9 Å². The van der Waals surface area contributed by atoms with Gasteiger partial charge in [-0.3, -0.25) is 4.79 Å². The number of nitrogen functional groups attached to an aromatic ring is 2. The van der Waals surface area contributed by atoms with E-state index in [9.17, 15) is 4.79 Å². The van der Waals surface area contributed by atoms with Crippen LogP contribution in [0.5, 0.6) is 0 Å². The molecule has 1 aromatic carbocycles. The number of hydrogen-bond acceptors (Lipinski definition) is 5. The molecule has 2 rings (SSSR count). The minimum Gasteiger partial charge on any atom is -0.397 e. The largest absolute Gasteiger partial charge is 0.397 e. The third kappa shape index (κ3) is 2.57. The predicted molar refractivity (Wildman–Crippen MR) is 73.0 cm³/mol. The molecule has 92 valence electrons. The SMILES string of the molecule is Nc1ccccc1NC(=O)c1nc(Br)cnc1N. The lowest BCUT2D eigenvalue weighted by atomic mass is 10.2. The lowest BCUT2D eigenvalue weighted by molar-refractivity contribution is 0.102. The normalized spacial score (nSPS) is 10.1. The molecular weight excluding hydrogens is 298 g/mol. The zero-order valence-electron chi connectivity index (χ0n) is 9.22. The highest BCUT2D eigenvalue weighted by Gasteiger charge is 2.14. The number of para-hydroxylation sites is 2. The first-order chi connectivity index (χ1) is 8.58. The van der Waals surface area contributed by atoms with Crippen molar-refractivity contribution in [3.05, 3.63) is 40.8 Å². The average molecular weight is 308 g/mol. The second kappa shape index (κ2) is 5.01. The molecule has 0 spiro atoms. The van der Waals surface area contributed by atoms with Gasteiger partial charge in [0.2, 0.25) is 0 Å². The molecule has 1 heterocycles. The predicted octanol–water partition coefficient (Wildman–Crippen LogP) is 1.66. The van der Waals surface area contributed by atoms with Crippen LogP contribution in [0.1, 0.15) is 10.5 Å². The molecule has 0 fully saturated rings. The van der Waals surface area contributed by atoms with Gasteiger partial charge in [-0.15, -0.1) is 0 Å². The van der Waals surface area contributed by atoms with Crippen molar-refractivity contribution in [2.24, 2.45) is 0 Å². The first-order valence-corrected chi connectivity index (χ1v) is 5.81.